The minimum Gasteiger partial charge on any atom is -0.459 e. The Kier molecular flexibility index (Phi) is 4.80. The summed E-state index contributed by atoms with van der Waals surface area (Å²) >= 11 is 0. The van der Waals surface area contributed by atoms with Crippen molar-refractivity contribution >= 4 is 17.4 Å². The van der Waals surface area contributed by atoms with E-state index in [-0.39, 0.29) is 30.0 Å². The van der Waals surface area contributed by atoms with E-state index in [2.05, 4.69) is 0 Å². The van der Waals surface area contributed by atoms with Crippen LogP contribution in [-0.4, -0.2) is 34.2 Å². The minimum absolute atomic E-state index is 0.198. The number of ether oxygens (including phenoxy) is 1. The number of carbonyl (C=O) groups is 2. The number of benzene rings is 2. The summed E-state index contributed by atoms with van der Waals surface area (Å²) in [5.74, 6) is -1.73. The fraction of sp³-hybridized carbons (Fsp3) is 0.429. The normalized spacial score (nSPS) is 40.1. The monoisotopic (exact) mass is 477 g/mol. The molecule has 2 saturated heterocycles. The van der Waals surface area contributed by atoms with E-state index in [1.807, 2.05) is 37.3 Å². The number of aliphatic hydroxyl groups is 1. The van der Waals surface area contributed by atoms with E-state index in [9.17, 15) is 19.1 Å². The summed E-state index contributed by atoms with van der Waals surface area (Å²) in [7, 11) is 0. The Morgan fingerprint density at radius 3 is 2.49 bits per heavy atom. The summed E-state index contributed by atoms with van der Waals surface area (Å²) in [6, 6.07) is 15.3. The molecule has 0 radical (unpaired) electrons. The first-order valence-corrected chi connectivity index (χ1v) is 12.2. The average Bonchev–Trinajstić information content (AvgIpc) is 3.45. The van der Waals surface area contributed by atoms with Gasteiger partial charge in [-0.2, -0.15) is 0 Å². The molecular weight excluding hydrogens is 449 g/mol. The van der Waals surface area contributed by atoms with Crippen LogP contribution in [0.5, 0.6) is 0 Å². The van der Waals surface area contributed by atoms with Gasteiger partial charge in [0.25, 0.3) is 0 Å². The number of esters is 1. The minimum atomic E-state index is -1.40. The number of hydrogen-bond donors (Lipinski definition) is 1. The Bertz CT molecular complexity index is 1220. The van der Waals surface area contributed by atoms with Crippen LogP contribution in [0.3, 0.4) is 0 Å². The molecule has 35 heavy (non-hydrogen) atoms. The van der Waals surface area contributed by atoms with Gasteiger partial charge in [0.1, 0.15) is 17.5 Å². The molecule has 2 heterocycles. The number of hydroxylamine groups is 1. The van der Waals surface area contributed by atoms with Crippen LogP contribution in [0.25, 0.3) is 0 Å². The maximum absolute atomic E-state index is 13.7. The number of ketones is 1. The largest absolute Gasteiger partial charge is 0.459 e. The van der Waals surface area contributed by atoms with Crippen molar-refractivity contribution in [2.24, 2.45) is 17.3 Å². The molecular formula is C28H28FNO5. The molecule has 182 valence electrons. The first kappa shape index (κ1) is 22.4. The van der Waals surface area contributed by atoms with Crippen molar-refractivity contribution in [2.45, 2.75) is 56.5 Å². The Morgan fingerprint density at radius 1 is 1.06 bits per heavy atom. The Labute approximate surface area is 203 Å². The van der Waals surface area contributed by atoms with Crippen LogP contribution in [-0.2, 0) is 19.2 Å². The Balaban J connectivity index is 1.46. The van der Waals surface area contributed by atoms with Crippen LogP contribution < -0.4 is 5.06 Å². The number of allylic oxidation sites excluding steroid dienone is 1. The van der Waals surface area contributed by atoms with Crippen molar-refractivity contribution in [3.8, 4) is 0 Å². The molecule has 2 aliphatic heterocycles. The molecule has 2 aliphatic carbocycles. The smallest absolute Gasteiger partial charge is 0.342 e. The first-order chi connectivity index (χ1) is 16.7. The summed E-state index contributed by atoms with van der Waals surface area (Å²) in [6.45, 7) is 3.65. The van der Waals surface area contributed by atoms with Crippen molar-refractivity contribution in [2.75, 3.05) is 5.06 Å². The number of halogens is 1. The van der Waals surface area contributed by atoms with E-state index in [1.165, 1.54) is 18.2 Å². The van der Waals surface area contributed by atoms with E-state index in [1.54, 1.807) is 30.2 Å². The van der Waals surface area contributed by atoms with Crippen molar-refractivity contribution < 1.29 is 28.7 Å². The standard InChI is InChI=1S/C28H28FNO5/c1-17-8-13-21-24(26(2)23(31)14-15-28(17,26)33)34-25(32)27(21)16-22(18-9-11-19(29)12-10-18)30(35-27)20-6-4-3-5-7-20/h3-7,9-12,14-15,17,21-22,24,33H,8,13,16H2,1-2H3/t17-,21+,22?,24+,26-,27-,28+/m0/s1. The third-order valence-corrected chi connectivity index (χ3v) is 8.91. The van der Waals surface area contributed by atoms with Crippen molar-refractivity contribution in [3.63, 3.8) is 0 Å². The highest BCUT2D eigenvalue weighted by atomic mass is 19.1. The van der Waals surface area contributed by atoms with Crippen LogP contribution in [0.2, 0.25) is 0 Å². The van der Waals surface area contributed by atoms with Gasteiger partial charge in [-0.25, -0.2) is 14.2 Å². The van der Waals surface area contributed by atoms with E-state index in [0.29, 0.717) is 12.8 Å². The van der Waals surface area contributed by atoms with Crippen LogP contribution in [0, 0.1) is 23.1 Å². The van der Waals surface area contributed by atoms with Gasteiger partial charge in [0.05, 0.1) is 17.1 Å². The number of para-hydroxylation sites is 1. The summed E-state index contributed by atoms with van der Waals surface area (Å²) in [5.41, 5.74) is -2.44. The Hall–Kier alpha value is -3.03. The van der Waals surface area contributed by atoms with Crippen LogP contribution >= 0.6 is 0 Å². The van der Waals surface area contributed by atoms with Crippen LogP contribution in [0.4, 0.5) is 10.1 Å². The van der Waals surface area contributed by atoms with Gasteiger partial charge in [-0.05, 0) is 67.7 Å². The van der Waals surface area contributed by atoms with Crippen molar-refractivity contribution in [1.29, 1.82) is 0 Å². The number of fused-ring (bicyclic) bond motifs is 4. The van der Waals surface area contributed by atoms with Gasteiger partial charge in [-0.3, -0.25) is 9.63 Å². The lowest BCUT2D eigenvalue weighted by atomic mass is 9.63. The fourth-order valence-electron chi connectivity index (χ4n) is 6.77. The van der Waals surface area contributed by atoms with Crippen molar-refractivity contribution in [3.05, 3.63) is 78.1 Å². The molecule has 2 aromatic carbocycles. The topological polar surface area (TPSA) is 76.1 Å². The highest BCUT2D eigenvalue weighted by Gasteiger charge is 2.74. The van der Waals surface area contributed by atoms with E-state index >= 15 is 0 Å². The predicted octanol–water partition coefficient (Wildman–Crippen LogP) is 4.30. The van der Waals surface area contributed by atoms with Crippen LogP contribution in [0.1, 0.15) is 44.7 Å². The second kappa shape index (κ2) is 7.48. The zero-order valence-corrected chi connectivity index (χ0v) is 19.7. The molecule has 7 heteroatoms. The third kappa shape index (κ3) is 2.88. The van der Waals surface area contributed by atoms with E-state index < -0.39 is 34.6 Å². The lowest BCUT2D eigenvalue weighted by Crippen LogP contribution is -2.57. The first-order valence-electron chi connectivity index (χ1n) is 12.2. The molecule has 1 spiro atoms. The number of rotatable bonds is 2. The molecule has 7 atom stereocenters. The number of anilines is 1. The van der Waals surface area contributed by atoms with Gasteiger partial charge in [-0.15, -0.1) is 0 Å². The summed E-state index contributed by atoms with van der Waals surface area (Å²) in [5, 5.41) is 13.4. The van der Waals surface area contributed by atoms with Gasteiger partial charge in [0.2, 0.25) is 5.60 Å². The third-order valence-electron chi connectivity index (χ3n) is 8.91. The zero-order valence-electron chi connectivity index (χ0n) is 19.7. The highest BCUT2D eigenvalue weighted by molar-refractivity contribution is 6.00. The SMILES string of the molecule is C[C@H]1CC[C@@H]2[C@@H](OC(=O)[C@]23CC(c2ccc(F)cc2)N(c2ccccc2)O3)[C@]2(C)C(=O)C=C[C@@]12O. The van der Waals surface area contributed by atoms with Gasteiger partial charge in [0.15, 0.2) is 5.78 Å². The maximum atomic E-state index is 13.7. The number of hydrogen-bond acceptors (Lipinski definition) is 6. The molecule has 2 aromatic rings. The molecule has 0 aromatic heterocycles. The highest BCUT2D eigenvalue weighted by Crippen LogP contribution is 2.61. The maximum Gasteiger partial charge on any atom is 0.342 e. The van der Waals surface area contributed by atoms with Gasteiger partial charge >= 0.3 is 5.97 Å². The van der Waals surface area contributed by atoms with Gasteiger partial charge in [0, 0.05) is 12.3 Å². The molecule has 3 fully saturated rings. The summed E-state index contributed by atoms with van der Waals surface area (Å²) < 4.78 is 19.7. The lowest BCUT2D eigenvalue weighted by Gasteiger charge is -2.43. The number of carbonyl (C=O) groups excluding carboxylic acids is 2. The van der Waals surface area contributed by atoms with Crippen LogP contribution in [0.15, 0.2) is 66.7 Å². The summed E-state index contributed by atoms with van der Waals surface area (Å²) in [4.78, 5) is 33.4. The Morgan fingerprint density at radius 2 is 1.77 bits per heavy atom. The average molecular weight is 478 g/mol. The predicted molar refractivity (Wildman–Crippen MR) is 125 cm³/mol. The molecule has 6 rings (SSSR count). The molecule has 6 nitrogen and oxygen atoms in total. The van der Waals surface area contributed by atoms with Crippen molar-refractivity contribution in [1.82, 2.24) is 0 Å². The molecule has 0 amide bonds. The molecule has 4 aliphatic rings. The van der Waals surface area contributed by atoms with E-state index in [0.717, 1.165) is 11.3 Å². The molecule has 1 saturated carbocycles. The van der Waals surface area contributed by atoms with Gasteiger partial charge in [-0.1, -0.05) is 37.3 Å². The summed E-state index contributed by atoms with van der Waals surface area (Å²) in [6.07, 6.45) is 3.64. The molecule has 1 unspecified atom stereocenters. The van der Waals surface area contributed by atoms with E-state index in [4.69, 9.17) is 9.57 Å². The molecule has 0 bridgehead atoms. The lowest BCUT2D eigenvalue weighted by molar-refractivity contribution is -0.169. The second-order valence-electron chi connectivity index (χ2n) is 10.5. The molecule has 1 N–H and O–H groups in total. The quantitative estimate of drug-likeness (QED) is 0.651. The van der Waals surface area contributed by atoms with Gasteiger partial charge < -0.3 is 9.84 Å². The fourth-order valence-corrected chi connectivity index (χ4v) is 6.77. The second-order valence-corrected chi connectivity index (χ2v) is 10.5. The number of nitrogens with zero attached hydrogens (tertiary/aromatic N) is 1. The zero-order chi connectivity index (χ0) is 24.6.